The SMILES string of the molecule is Cc1nc(N2CCCCC2)c2cc(N)ccc2n1. The van der Waals surface area contributed by atoms with Crippen LogP contribution in [0.5, 0.6) is 0 Å². The predicted molar refractivity (Wildman–Crippen MR) is 74.8 cm³/mol. The van der Waals surface area contributed by atoms with Crippen molar-refractivity contribution < 1.29 is 0 Å². The Morgan fingerprint density at radius 3 is 2.67 bits per heavy atom. The summed E-state index contributed by atoms with van der Waals surface area (Å²) in [4.78, 5) is 11.5. The molecule has 0 bridgehead atoms. The maximum atomic E-state index is 5.89. The molecule has 2 heterocycles. The summed E-state index contributed by atoms with van der Waals surface area (Å²) in [6.07, 6.45) is 3.81. The molecule has 1 saturated heterocycles. The van der Waals surface area contributed by atoms with Gasteiger partial charge in [-0.15, -0.1) is 0 Å². The van der Waals surface area contributed by atoms with Gasteiger partial charge >= 0.3 is 0 Å². The molecule has 0 saturated carbocycles. The second-order valence-corrected chi connectivity index (χ2v) is 4.92. The number of anilines is 2. The summed E-state index contributed by atoms with van der Waals surface area (Å²) >= 11 is 0. The van der Waals surface area contributed by atoms with Crippen molar-refractivity contribution in [3.8, 4) is 0 Å². The van der Waals surface area contributed by atoms with Crippen molar-refractivity contribution in [2.24, 2.45) is 0 Å². The number of nitrogens with two attached hydrogens (primary N) is 1. The molecule has 4 nitrogen and oxygen atoms in total. The van der Waals surface area contributed by atoms with Crippen molar-refractivity contribution >= 4 is 22.4 Å². The number of hydrogen-bond donors (Lipinski definition) is 1. The third-order valence-electron chi connectivity index (χ3n) is 3.47. The van der Waals surface area contributed by atoms with Crippen molar-refractivity contribution in [2.75, 3.05) is 23.7 Å². The van der Waals surface area contributed by atoms with E-state index in [1.165, 1.54) is 19.3 Å². The number of piperidine rings is 1. The van der Waals surface area contributed by atoms with Crippen molar-refractivity contribution in [3.63, 3.8) is 0 Å². The van der Waals surface area contributed by atoms with Gasteiger partial charge in [-0.1, -0.05) is 0 Å². The van der Waals surface area contributed by atoms with E-state index in [4.69, 9.17) is 5.73 Å². The quantitative estimate of drug-likeness (QED) is 0.781. The van der Waals surface area contributed by atoms with Gasteiger partial charge in [0, 0.05) is 24.2 Å². The van der Waals surface area contributed by atoms with Crippen LogP contribution in [-0.2, 0) is 0 Å². The van der Waals surface area contributed by atoms with Crippen LogP contribution in [0.3, 0.4) is 0 Å². The molecule has 0 radical (unpaired) electrons. The highest BCUT2D eigenvalue weighted by Crippen LogP contribution is 2.27. The van der Waals surface area contributed by atoms with E-state index in [-0.39, 0.29) is 0 Å². The highest BCUT2D eigenvalue weighted by molar-refractivity contribution is 5.91. The summed E-state index contributed by atoms with van der Waals surface area (Å²) in [6, 6.07) is 5.86. The summed E-state index contributed by atoms with van der Waals surface area (Å²) in [7, 11) is 0. The Morgan fingerprint density at radius 1 is 1.11 bits per heavy atom. The van der Waals surface area contributed by atoms with Gasteiger partial charge in [-0.3, -0.25) is 0 Å². The normalized spacial score (nSPS) is 16.2. The minimum atomic E-state index is 0.771. The fraction of sp³-hybridized carbons (Fsp3) is 0.429. The van der Waals surface area contributed by atoms with Crippen molar-refractivity contribution in [1.82, 2.24) is 9.97 Å². The molecule has 0 amide bonds. The molecule has 2 aromatic rings. The van der Waals surface area contributed by atoms with Gasteiger partial charge in [0.25, 0.3) is 0 Å². The maximum Gasteiger partial charge on any atom is 0.140 e. The highest BCUT2D eigenvalue weighted by Gasteiger charge is 2.16. The smallest absolute Gasteiger partial charge is 0.140 e. The lowest BCUT2D eigenvalue weighted by molar-refractivity contribution is 0.574. The molecule has 18 heavy (non-hydrogen) atoms. The zero-order valence-corrected chi connectivity index (χ0v) is 10.7. The molecule has 1 aromatic carbocycles. The van der Waals surface area contributed by atoms with Crippen LogP contribution in [0.1, 0.15) is 25.1 Å². The van der Waals surface area contributed by atoms with E-state index in [9.17, 15) is 0 Å². The number of aryl methyl sites for hydroxylation is 1. The van der Waals surface area contributed by atoms with E-state index in [1.54, 1.807) is 0 Å². The van der Waals surface area contributed by atoms with Gasteiger partial charge in [0.05, 0.1) is 5.52 Å². The summed E-state index contributed by atoms with van der Waals surface area (Å²) in [5.41, 5.74) is 7.64. The van der Waals surface area contributed by atoms with Crippen LogP contribution in [0.25, 0.3) is 10.9 Å². The third-order valence-corrected chi connectivity index (χ3v) is 3.47. The highest BCUT2D eigenvalue weighted by atomic mass is 15.2. The van der Waals surface area contributed by atoms with Crippen LogP contribution in [0, 0.1) is 6.92 Å². The third kappa shape index (κ3) is 1.98. The molecule has 0 unspecified atom stereocenters. The Balaban J connectivity index is 2.16. The largest absolute Gasteiger partial charge is 0.399 e. The van der Waals surface area contributed by atoms with E-state index in [0.29, 0.717) is 0 Å². The lowest BCUT2D eigenvalue weighted by Gasteiger charge is -2.28. The topological polar surface area (TPSA) is 55.0 Å². The van der Waals surface area contributed by atoms with Gasteiger partial charge in [-0.25, -0.2) is 9.97 Å². The summed E-state index contributed by atoms with van der Waals surface area (Å²) in [5.74, 6) is 1.87. The molecule has 0 spiro atoms. The van der Waals surface area contributed by atoms with E-state index >= 15 is 0 Å². The van der Waals surface area contributed by atoms with E-state index in [0.717, 1.165) is 41.3 Å². The molecule has 1 fully saturated rings. The molecule has 1 aliphatic rings. The number of nitrogen functional groups attached to an aromatic ring is 1. The van der Waals surface area contributed by atoms with Gasteiger partial charge in [-0.05, 0) is 44.4 Å². The van der Waals surface area contributed by atoms with Gasteiger partial charge in [0.2, 0.25) is 0 Å². The average molecular weight is 242 g/mol. The van der Waals surface area contributed by atoms with Crippen molar-refractivity contribution in [3.05, 3.63) is 24.0 Å². The number of fused-ring (bicyclic) bond motifs is 1. The molecule has 4 heteroatoms. The molecule has 0 atom stereocenters. The molecule has 2 N–H and O–H groups in total. The molecule has 94 valence electrons. The van der Waals surface area contributed by atoms with Gasteiger partial charge in [0.1, 0.15) is 11.6 Å². The Morgan fingerprint density at radius 2 is 1.89 bits per heavy atom. The first kappa shape index (κ1) is 11.3. The number of hydrogen-bond acceptors (Lipinski definition) is 4. The first-order valence-corrected chi connectivity index (χ1v) is 6.53. The number of rotatable bonds is 1. The second-order valence-electron chi connectivity index (χ2n) is 4.92. The first-order chi connectivity index (χ1) is 8.74. The van der Waals surface area contributed by atoms with Gasteiger partial charge in [0.15, 0.2) is 0 Å². The lowest BCUT2D eigenvalue weighted by atomic mass is 10.1. The molecule has 0 aliphatic carbocycles. The Hall–Kier alpha value is -1.84. The van der Waals surface area contributed by atoms with E-state index < -0.39 is 0 Å². The van der Waals surface area contributed by atoms with Crippen LogP contribution >= 0.6 is 0 Å². The van der Waals surface area contributed by atoms with Crippen LogP contribution < -0.4 is 10.6 Å². The Bertz CT molecular complexity index is 573. The number of nitrogens with zero attached hydrogens (tertiary/aromatic N) is 3. The molecule has 3 rings (SSSR count). The Kier molecular flexibility index (Phi) is 2.78. The van der Waals surface area contributed by atoms with Crippen molar-refractivity contribution in [1.29, 1.82) is 0 Å². The lowest BCUT2D eigenvalue weighted by Crippen LogP contribution is -2.30. The van der Waals surface area contributed by atoms with Crippen LogP contribution in [0.4, 0.5) is 11.5 Å². The average Bonchev–Trinajstić information content (AvgIpc) is 2.39. The van der Waals surface area contributed by atoms with E-state index in [2.05, 4.69) is 14.9 Å². The predicted octanol–water partition coefficient (Wildman–Crippen LogP) is 2.51. The number of benzene rings is 1. The van der Waals surface area contributed by atoms with Gasteiger partial charge < -0.3 is 10.6 Å². The minimum Gasteiger partial charge on any atom is -0.399 e. The molecule has 1 aliphatic heterocycles. The minimum absolute atomic E-state index is 0.771. The zero-order chi connectivity index (χ0) is 12.5. The van der Waals surface area contributed by atoms with Crippen LogP contribution in [-0.4, -0.2) is 23.1 Å². The van der Waals surface area contributed by atoms with Crippen LogP contribution in [0.15, 0.2) is 18.2 Å². The summed E-state index contributed by atoms with van der Waals surface area (Å²) < 4.78 is 0. The second kappa shape index (κ2) is 4.44. The zero-order valence-electron chi connectivity index (χ0n) is 10.7. The summed E-state index contributed by atoms with van der Waals surface area (Å²) in [6.45, 7) is 4.12. The molecular formula is C14H18N4. The monoisotopic (exact) mass is 242 g/mol. The standard InChI is InChI=1S/C14H18N4/c1-10-16-13-6-5-11(15)9-12(13)14(17-10)18-7-3-2-4-8-18/h5-6,9H,2-4,7-8,15H2,1H3. The summed E-state index contributed by atoms with van der Waals surface area (Å²) in [5, 5.41) is 1.07. The molecule has 1 aromatic heterocycles. The number of aromatic nitrogens is 2. The fourth-order valence-electron chi connectivity index (χ4n) is 2.59. The maximum absolute atomic E-state index is 5.89. The first-order valence-electron chi connectivity index (χ1n) is 6.53. The van der Waals surface area contributed by atoms with Gasteiger partial charge in [-0.2, -0.15) is 0 Å². The fourth-order valence-corrected chi connectivity index (χ4v) is 2.59. The van der Waals surface area contributed by atoms with E-state index in [1.807, 2.05) is 25.1 Å². The van der Waals surface area contributed by atoms with Crippen molar-refractivity contribution in [2.45, 2.75) is 26.2 Å². The molecular weight excluding hydrogens is 224 g/mol. The Labute approximate surface area is 107 Å². The van der Waals surface area contributed by atoms with Crippen LogP contribution in [0.2, 0.25) is 0 Å².